The van der Waals surface area contributed by atoms with Gasteiger partial charge in [-0.05, 0) is 113 Å². The van der Waals surface area contributed by atoms with E-state index in [2.05, 4.69) is 13.8 Å². The van der Waals surface area contributed by atoms with Crippen molar-refractivity contribution in [3.8, 4) is 0 Å². The largest absolute Gasteiger partial charge is 0.390 e. The van der Waals surface area contributed by atoms with E-state index < -0.39 is 5.60 Å². The molecular formula is C23H38O2. The molecule has 0 spiro atoms. The number of hydrogen-bond donors (Lipinski definition) is 1. The third-order valence-electron chi connectivity index (χ3n) is 8.99. The molecule has 0 aromatic carbocycles. The van der Waals surface area contributed by atoms with Crippen LogP contribution in [0.5, 0.6) is 0 Å². The Hall–Kier alpha value is -0.370. The van der Waals surface area contributed by atoms with Crippen molar-refractivity contribution in [2.24, 2.45) is 47.3 Å². The number of fused-ring (bicyclic) bond motifs is 5. The fourth-order valence-corrected chi connectivity index (χ4v) is 7.83. The van der Waals surface area contributed by atoms with Crippen molar-refractivity contribution in [2.75, 3.05) is 0 Å². The summed E-state index contributed by atoms with van der Waals surface area (Å²) >= 11 is 0. The van der Waals surface area contributed by atoms with Crippen molar-refractivity contribution >= 4 is 5.78 Å². The molecule has 0 aromatic heterocycles. The highest BCUT2D eigenvalue weighted by molar-refractivity contribution is 5.78. The summed E-state index contributed by atoms with van der Waals surface area (Å²) in [6.07, 6.45) is 12.4. The van der Waals surface area contributed by atoms with Crippen molar-refractivity contribution in [3.63, 3.8) is 0 Å². The molecule has 0 amide bonds. The maximum Gasteiger partial charge on any atom is 0.132 e. The first-order valence-electron chi connectivity index (χ1n) is 11.1. The van der Waals surface area contributed by atoms with Crippen molar-refractivity contribution < 1.29 is 9.90 Å². The van der Waals surface area contributed by atoms with Crippen molar-refractivity contribution in [3.05, 3.63) is 0 Å². The van der Waals surface area contributed by atoms with Gasteiger partial charge in [-0.15, -0.1) is 0 Å². The molecule has 0 saturated heterocycles. The summed E-state index contributed by atoms with van der Waals surface area (Å²) in [6.45, 7) is 6.36. The molecular weight excluding hydrogens is 308 g/mol. The van der Waals surface area contributed by atoms with Crippen LogP contribution in [0.2, 0.25) is 0 Å². The van der Waals surface area contributed by atoms with Crippen LogP contribution in [0.3, 0.4) is 0 Å². The van der Waals surface area contributed by atoms with Gasteiger partial charge in [0.25, 0.3) is 0 Å². The molecule has 4 fully saturated rings. The fraction of sp³-hybridized carbons (Fsp3) is 0.957. The van der Waals surface area contributed by atoms with Crippen LogP contribution in [-0.2, 0) is 4.79 Å². The Morgan fingerprint density at radius 3 is 2.44 bits per heavy atom. The normalized spacial score (nSPS) is 53.1. The van der Waals surface area contributed by atoms with E-state index in [0.29, 0.717) is 11.7 Å². The molecule has 2 heteroatoms. The third kappa shape index (κ3) is 3.33. The van der Waals surface area contributed by atoms with Crippen LogP contribution in [0.1, 0.15) is 85.0 Å². The highest BCUT2D eigenvalue weighted by Gasteiger charge is 2.52. The van der Waals surface area contributed by atoms with E-state index in [-0.39, 0.29) is 0 Å². The van der Waals surface area contributed by atoms with Crippen molar-refractivity contribution in [1.82, 2.24) is 0 Å². The first-order valence-corrected chi connectivity index (χ1v) is 11.1. The molecule has 1 N–H and O–H groups in total. The number of hydrogen-bond acceptors (Lipinski definition) is 2. The van der Waals surface area contributed by atoms with Crippen LogP contribution in [-0.4, -0.2) is 16.5 Å². The molecule has 0 heterocycles. The molecule has 0 unspecified atom stereocenters. The molecule has 2 nitrogen and oxygen atoms in total. The lowest BCUT2D eigenvalue weighted by Gasteiger charge is -2.56. The standard InChI is InChI=1S/C23H38O2/c1-14-11-22-18-9-10-23(3,25)13-17(18)7-8-20(22)19-6-4-5-16(15(2)24)12-21(14)19/h14,16-22,25H,4-13H2,1-3H3/t14-,16+,17+,18-,19+,20+,21+,22+,23+/m0/s1. The van der Waals surface area contributed by atoms with E-state index in [4.69, 9.17) is 0 Å². The molecule has 4 aliphatic rings. The number of aliphatic hydroxyl groups is 1. The maximum absolute atomic E-state index is 12.0. The Labute approximate surface area is 154 Å². The Balaban J connectivity index is 1.53. The van der Waals surface area contributed by atoms with Crippen LogP contribution in [0, 0.1) is 47.3 Å². The van der Waals surface area contributed by atoms with E-state index in [9.17, 15) is 9.90 Å². The van der Waals surface area contributed by atoms with Crippen LogP contribution in [0.4, 0.5) is 0 Å². The molecule has 4 aliphatic carbocycles. The van der Waals surface area contributed by atoms with Gasteiger partial charge in [0.2, 0.25) is 0 Å². The molecule has 4 saturated carbocycles. The maximum atomic E-state index is 12.0. The quantitative estimate of drug-likeness (QED) is 0.706. The van der Waals surface area contributed by atoms with Gasteiger partial charge in [-0.2, -0.15) is 0 Å². The number of rotatable bonds is 1. The second-order valence-electron chi connectivity index (χ2n) is 10.6. The summed E-state index contributed by atoms with van der Waals surface area (Å²) in [5.41, 5.74) is -0.409. The molecule has 4 rings (SSSR count). The van der Waals surface area contributed by atoms with E-state index in [1.807, 2.05) is 6.92 Å². The predicted molar refractivity (Wildman–Crippen MR) is 101 cm³/mol. The average molecular weight is 347 g/mol. The van der Waals surface area contributed by atoms with E-state index in [0.717, 1.165) is 60.7 Å². The number of ketones is 1. The molecule has 25 heavy (non-hydrogen) atoms. The van der Waals surface area contributed by atoms with Gasteiger partial charge in [0, 0.05) is 5.92 Å². The minimum atomic E-state index is -0.409. The minimum absolute atomic E-state index is 0.343. The first-order chi connectivity index (χ1) is 11.9. The fourth-order valence-electron chi connectivity index (χ4n) is 7.83. The second-order valence-corrected chi connectivity index (χ2v) is 10.6. The van der Waals surface area contributed by atoms with E-state index in [1.165, 1.54) is 44.9 Å². The molecule has 0 aromatic rings. The zero-order chi connectivity index (χ0) is 17.8. The van der Waals surface area contributed by atoms with E-state index in [1.54, 1.807) is 0 Å². The molecule has 0 bridgehead atoms. The predicted octanol–water partition coefficient (Wildman–Crippen LogP) is 5.23. The van der Waals surface area contributed by atoms with Crippen LogP contribution in [0.15, 0.2) is 0 Å². The smallest absolute Gasteiger partial charge is 0.132 e. The molecule has 142 valence electrons. The van der Waals surface area contributed by atoms with Crippen LogP contribution < -0.4 is 0 Å². The Kier molecular flexibility index (Phi) is 4.80. The highest BCUT2D eigenvalue weighted by Crippen LogP contribution is 2.59. The van der Waals surface area contributed by atoms with Gasteiger partial charge in [-0.1, -0.05) is 13.3 Å². The zero-order valence-corrected chi connectivity index (χ0v) is 16.5. The van der Waals surface area contributed by atoms with Crippen molar-refractivity contribution in [2.45, 2.75) is 90.6 Å². The Bertz CT molecular complexity index is 510. The SMILES string of the molecule is CC(=O)[C@@H]1CCC[C@@H]2[C@H]3CC[C@@H]4C[C@](C)(O)CC[C@@H]4[C@H]3C[C@H](C)[C@H]2C1. The molecule has 0 aliphatic heterocycles. The summed E-state index contributed by atoms with van der Waals surface area (Å²) in [5.74, 6) is 6.69. The van der Waals surface area contributed by atoms with Gasteiger partial charge in [0.05, 0.1) is 5.60 Å². The van der Waals surface area contributed by atoms with Crippen LogP contribution in [0.25, 0.3) is 0 Å². The van der Waals surface area contributed by atoms with Gasteiger partial charge in [-0.25, -0.2) is 0 Å². The van der Waals surface area contributed by atoms with Crippen molar-refractivity contribution in [1.29, 1.82) is 0 Å². The second kappa shape index (κ2) is 6.66. The summed E-state index contributed by atoms with van der Waals surface area (Å²) in [4.78, 5) is 12.0. The molecule has 9 atom stereocenters. The van der Waals surface area contributed by atoms with Gasteiger partial charge >= 0.3 is 0 Å². The summed E-state index contributed by atoms with van der Waals surface area (Å²) in [7, 11) is 0. The lowest BCUT2D eigenvalue weighted by molar-refractivity contribution is -0.122. The zero-order valence-electron chi connectivity index (χ0n) is 16.5. The van der Waals surface area contributed by atoms with Gasteiger partial charge < -0.3 is 5.11 Å². The van der Waals surface area contributed by atoms with Gasteiger partial charge in [-0.3, -0.25) is 4.79 Å². The summed E-state index contributed by atoms with van der Waals surface area (Å²) < 4.78 is 0. The lowest BCUT2D eigenvalue weighted by Crippen LogP contribution is -2.50. The monoisotopic (exact) mass is 346 g/mol. The molecule has 0 radical (unpaired) electrons. The number of Topliss-reactive ketones (excluding diaryl/α,β-unsaturated/α-hetero) is 1. The number of carbonyl (C=O) groups excluding carboxylic acids is 1. The first kappa shape index (κ1) is 18.0. The highest BCUT2D eigenvalue weighted by atomic mass is 16.3. The summed E-state index contributed by atoms with van der Waals surface area (Å²) in [5, 5.41) is 10.5. The minimum Gasteiger partial charge on any atom is -0.390 e. The van der Waals surface area contributed by atoms with E-state index >= 15 is 0 Å². The lowest BCUT2D eigenvalue weighted by atomic mass is 9.49. The Morgan fingerprint density at radius 1 is 0.920 bits per heavy atom. The van der Waals surface area contributed by atoms with Gasteiger partial charge in [0.15, 0.2) is 0 Å². The third-order valence-corrected chi connectivity index (χ3v) is 8.99. The topological polar surface area (TPSA) is 37.3 Å². The number of carbonyl (C=O) groups is 1. The summed E-state index contributed by atoms with van der Waals surface area (Å²) in [6, 6.07) is 0. The van der Waals surface area contributed by atoms with Crippen LogP contribution >= 0.6 is 0 Å². The Morgan fingerprint density at radius 2 is 1.68 bits per heavy atom. The van der Waals surface area contributed by atoms with Gasteiger partial charge in [0.1, 0.15) is 5.78 Å². The average Bonchev–Trinajstić information content (AvgIpc) is 2.77.